The third-order valence-corrected chi connectivity index (χ3v) is 1.99. The summed E-state index contributed by atoms with van der Waals surface area (Å²) in [5, 5.41) is 3.60. The van der Waals surface area contributed by atoms with Gasteiger partial charge < -0.3 is 5.32 Å². The maximum absolute atomic E-state index is 5.81. The van der Waals surface area contributed by atoms with E-state index in [9.17, 15) is 0 Å². The Morgan fingerprint density at radius 3 is 2.77 bits per heavy atom. The molecule has 0 aliphatic carbocycles. The van der Waals surface area contributed by atoms with Crippen molar-refractivity contribution in [1.82, 2.24) is 5.32 Å². The summed E-state index contributed by atoms with van der Waals surface area (Å²) in [6.45, 7) is 7.31. The van der Waals surface area contributed by atoms with E-state index in [1.165, 1.54) is 0 Å². The third-order valence-electron chi connectivity index (χ3n) is 1.76. The van der Waals surface area contributed by atoms with Crippen LogP contribution in [0, 0.1) is 0 Å². The number of halogens is 1. The lowest BCUT2D eigenvalue weighted by molar-refractivity contribution is 1.13. The summed E-state index contributed by atoms with van der Waals surface area (Å²) in [5.74, 6) is 0. The van der Waals surface area contributed by atoms with Crippen molar-refractivity contribution in [3.8, 4) is 0 Å². The summed E-state index contributed by atoms with van der Waals surface area (Å²) >= 11 is 5.81. The van der Waals surface area contributed by atoms with Gasteiger partial charge in [-0.1, -0.05) is 18.2 Å². The van der Waals surface area contributed by atoms with Crippen LogP contribution in [0.3, 0.4) is 0 Å². The van der Waals surface area contributed by atoms with Crippen molar-refractivity contribution in [3.05, 3.63) is 35.4 Å². The Hall–Kier alpha value is -1.28. The van der Waals surface area contributed by atoms with Gasteiger partial charge in [-0.05, 0) is 24.9 Å². The third kappa shape index (κ3) is 2.10. The minimum atomic E-state index is 0.648. The molecular weight excluding hydrogens is 184 g/mol. The van der Waals surface area contributed by atoms with Crippen LogP contribution in [-0.2, 0) is 0 Å². The van der Waals surface area contributed by atoms with Crippen molar-refractivity contribution in [2.24, 2.45) is 4.99 Å². The number of aliphatic imine (C=N–C) groups is 1. The molecule has 0 amide bonds. The molecule has 0 aromatic heterocycles. The van der Waals surface area contributed by atoms with Gasteiger partial charge in [0.1, 0.15) is 0 Å². The quantitative estimate of drug-likeness (QED) is 0.736. The summed E-state index contributed by atoms with van der Waals surface area (Å²) in [6.07, 6.45) is 0. The van der Waals surface area contributed by atoms with Crippen LogP contribution < -0.4 is 5.32 Å². The van der Waals surface area contributed by atoms with E-state index < -0.39 is 0 Å². The summed E-state index contributed by atoms with van der Waals surface area (Å²) in [4.78, 5) is 3.87. The van der Waals surface area contributed by atoms with Crippen molar-refractivity contribution in [1.29, 1.82) is 0 Å². The normalized spacial score (nSPS) is 9.38. The van der Waals surface area contributed by atoms with Gasteiger partial charge in [-0.3, -0.25) is 4.99 Å². The summed E-state index contributed by atoms with van der Waals surface area (Å²) in [5.41, 5.74) is 2.47. The zero-order chi connectivity index (χ0) is 9.84. The Morgan fingerprint density at radius 2 is 2.23 bits per heavy atom. The average molecular weight is 195 g/mol. The van der Waals surface area contributed by atoms with Crippen LogP contribution >= 0.6 is 11.6 Å². The first-order valence-corrected chi connectivity index (χ1v) is 4.20. The van der Waals surface area contributed by atoms with Gasteiger partial charge in [-0.15, -0.1) is 0 Å². The molecule has 3 heteroatoms. The Bertz CT molecular complexity index is 345. The molecule has 0 heterocycles. The minimum Gasteiger partial charge on any atom is -0.388 e. The SMILES string of the molecule is C=Nc1cc(Cl)ccc1C(=C)NC. The van der Waals surface area contributed by atoms with Gasteiger partial charge in [0.2, 0.25) is 0 Å². The Morgan fingerprint density at radius 1 is 1.54 bits per heavy atom. The molecule has 0 unspecified atom stereocenters. The Kier molecular flexibility index (Phi) is 3.09. The Balaban J connectivity index is 3.20. The van der Waals surface area contributed by atoms with Crippen molar-refractivity contribution in [3.63, 3.8) is 0 Å². The second-order valence-electron chi connectivity index (χ2n) is 2.55. The lowest BCUT2D eigenvalue weighted by Gasteiger charge is -2.07. The van der Waals surface area contributed by atoms with Crippen LogP contribution in [0.2, 0.25) is 5.02 Å². The molecule has 1 aromatic carbocycles. The second-order valence-corrected chi connectivity index (χ2v) is 2.98. The highest BCUT2D eigenvalue weighted by Gasteiger charge is 2.03. The fourth-order valence-electron chi connectivity index (χ4n) is 1.03. The van der Waals surface area contributed by atoms with Crippen LogP contribution in [0.1, 0.15) is 5.56 Å². The molecule has 0 saturated heterocycles. The molecule has 0 radical (unpaired) electrons. The van der Waals surface area contributed by atoms with E-state index in [0.29, 0.717) is 5.02 Å². The molecule has 0 bridgehead atoms. The number of nitrogens with zero attached hydrogens (tertiary/aromatic N) is 1. The molecule has 1 N–H and O–H groups in total. The number of hydrogen-bond donors (Lipinski definition) is 1. The van der Waals surface area contributed by atoms with Gasteiger partial charge >= 0.3 is 0 Å². The summed E-state index contributed by atoms with van der Waals surface area (Å²) in [6, 6.07) is 5.42. The smallest absolute Gasteiger partial charge is 0.0730 e. The first-order chi connectivity index (χ1) is 6.19. The maximum Gasteiger partial charge on any atom is 0.0730 e. The molecule has 1 rings (SSSR count). The largest absolute Gasteiger partial charge is 0.388 e. The van der Waals surface area contributed by atoms with Gasteiger partial charge in [-0.25, -0.2) is 0 Å². The molecule has 0 aliphatic rings. The van der Waals surface area contributed by atoms with E-state index in [0.717, 1.165) is 16.9 Å². The number of rotatable bonds is 3. The van der Waals surface area contributed by atoms with Gasteiger partial charge in [0.15, 0.2) is 0 Å². The highest BCUT2D eigenvalue weighted by molar-refractivity contribution is 6.30. The molecule has 0 atom stereocenters. The molecule has 1 aromatic rings. The lowest BCUT2D eigenvalue weighted by Crippen LogP contribution is -2.02. The zero-order valence-electron chi connectivity index (χ0n) is 7.47. The van der Waals surface area contributed by atoms with Gasteiger partial charge in [-0.2, -0.15) is 0 Å². The van der Waals surface area contributed by atoms with E-state index in [4.69, 9.17) is 11.6 Å². The van der Waals surface area contributed by atoms with E-state index in [-0.39, 0.29) is 0 Å². The molecule has 2 nitrogen and oxygen atoms in total. The first kappa shape index (κ1) is 9.81. The number of benzene rings is 1. The van der Waals surface area contributed by atoms with Crippen LogP contribution in [0.5, 0.6) is 0 Å². The fourth-order valence-corrected chi connectivity index (χ4v) is 1.19. The molecule has 0 fully saturated rings. The number of hydrogen-bond acceptors (Lipinski definition) is 2. The van der Waals surface area contributed by atoms with Crippen LogP contribution in [0.15, 0.2) is 29.8 Å². The van der Waals surface area contributed by atoms with Crippen molar-refractivity contribution in [2.45, 2.75) is 0 Å². The lowest BCUT2D eigenvalue weighted by atomic mass is 10.1. The van der Waals surface area contributed by atoms with Crippen molar-refractivity contribution >= 4 is 29.7 Å². The van der Waals surface area contributed by atoms with Crippen molar-refractivity contribution in [2.75, 3.05) is 7.05 Å². The molecule has 13 heavy (non-hydrogen) atoms. The van der Waals surface area contributed by atoms with E-state index in [1.54, 1.807) is 12.1 Å². The average Bonchev–Trinajstić information content (AvgIpc) is 2.16. The first-order valence-electron chi connectivity index (χ1n) is 3.82. The standard InChI is InChI=1S/C10H11ClN2/c1-7(12-2)9-5-4-8(11)6-10(9)13-3/h4-6,12H,1,3H2,2H3. The number of nitrogens with one attached hydrogen (secondary N) is 1. The predicted molar refractivity (Wildman–Crippen MR) is 58.8 cm³/mol. The van der Waals surface area contributed by atoms with Crippen LogP contribution in [0.4, 0.5) is 5.69 Å². The monoisotopic (exact) mass is 194 g/mol. The van der Waals surface area contributed by atoms with Gasteiger partial charge in [0.05, 0.1) is 5.69 Å². The fraction of sp³-hybridized carbons (Fsp3) is 0.100. The van der Waals surface area contributed by atoms with E-state index in [2.05, 4.69) is 23.6 Å². The highest BCUT2D eigenvalue weighted by atomic mass is 35.5. The zero-order valence-corrected chi connectivity index (χ0v) is 8.23. The minimum absolute atomic E-state index is 0.648. The van der Waals surface area contributed by atoms with Crippen LogP contribution in [0.25, 0.3) is 5.70 Å². The Labute approximate surface area is 83.0 Å². The summed E-state index contributed by atoms with van der Waals surface area (Å²) in [7, 11) is 1.81. The molecule has 0 spiro atoms. The molecule has 0 aliphatic heterocycles. The van der Waals surface area contributed by atoms with E-state index >= 15 is 0 Å². The topological polar surface area (TPSA) is 24.4 Å². The predicted octanol–water partition coefficient (Wildman–Crippen LogP) is 2.86. The van der Waals surface area contributed by atoms with E-state index in [1.807, 2.05) is 13.1 Å². The summed E-state index contributed by atoms with van der Waals surface area (Å²) < 4.78 is 0. The van der Waals surface area contributed by atoms with Crippen molar-refractivity contribution < 1.29 is 0 Å². The highest BCUT2D eigenvalue weighted by Crippen LogP contribution is 2.26. The molecule has 68 valence electrons. The molecule has 0 saturated carbocycles. The second kappa shape index (κ2) is 4.10. The van der Waals surface area contributed by atoms with Gasteiger partial charge in [0, 0.05) is 23.3 Å². The van der Waals surface area contributed by atoms with Crippen LogP contribution in [-0.4, -0.2) is 13.8 Å². The maximum atomic E-state index is 5.81. The molecular formula is C10H11ClN2. The van der Waals surface area contributed by atoms with Gasteiger partial charge in [0.25, 0.3) is 0 Å².